The molecule has 0 spiro atoms. The minimum Gasteiger partial charge on any atom is -0.352 e. The summed E-state index contributed by atoms with van der Waals surface area (Å²) in [4.78, 5) is 13.7. The van der Waals surface area contributed by atoms with Gasteiger partial charge in [0.25, 0.3) is 0 Å². The minimum absolute atomic E-state index is 0.715. The summed E-state index contributed by atoms with van der Waals surface area (Å²) in [6, 6.07) is 22.7. The fourth-order valence-corrected chi connectivity index (χ4v) is 2.77. The Bertz CT molecular complexity index is 803. The highest BCUT2D eigenvalue weighted by atomic mass is 15.3. The molecular weight excluding hydrogens is 308 g/mol. The third-order valence-corrected chi connectivity index (χ3v) is 4.19. The third-order valence-electron chi connectivity index (χ3n) is 4.19. The summed E-state index contributed by atoms with van der Waals surface area (Å²) in [6.07, 6.45) is 0. The maximum atomic E-state index is 4.82. The van der Waals surface area contributed by atoms with E-state index in [2.05, 4.69) is 59.3 Å². The van der Waals surface area contributed by atoms with Gasteiger partial charge in [0.15, 0.2) is 0 Å². The lowest BCUT2D eigenvalue weighted by molar-refractivity contribution is 0.806. The van der Waals surface area contributed by atoms with E-state index in [-0.39, 0.29) is 0 Å². The summed E-state index contributed by atoms with van der Waals surface area (Å²) < 4.78 is 0. The predicted octanol–water partition coefficient (Wildman–Crippen LogP) is 4.58. The van der Waals surface area contributed by atoms with Crippen LogP contribution in [0.4, 0.5) is 17.5 Å². The van der Waals surface area contributed by atoms with E-state index in [0.717, 1.165) is 30.3 Å². The molecule has 0 radical (unpaired) electrons. The van der Waals surface area contributed by atoms with Gasteiger partial charge >= 0.3 is 0 Å². The van der Waals surface area contributed by atoms with Gasteiger partial charge in [-0.05, 0) is 31.5 Å². The number of hydrogen-bond donors (Lipinski definition) is 0. The largest absolute Gasteiger partial charge is 0.352 e. The maximum absolute atomic E-state index is 4.82. The van der Waals surface area contributed by atoms with Gasteiger partial charge in [0.2, 0.25) is 5.95 Å². The van der Waals surface area contributed by atoms with Crippen LogP contribution < -0.4 is 9.80 Å². The lowest BCUT2D eigenvalue weighted by atomic mass is 10.2. The lowest BCUT2D eigenvalue weighted by Gasteiger charge is -2.25. The van der Waals surface area contributed by atoms with E-state index >= 15 is 0 Å². The molecule has 0 bridgehead atoms. The summed E-state index contributed by atoms with van der Waals surface area (Å²) in [5.74, 6) is 1.67. The Morgan fingerprint density at radius 1 is 0.880 bits per heavy atom. The second-order valence-corrected chi connectivity index (χ2v) is 6.06. The number of anilines is 3. The molecule has 4 nitrogen and oxygen atoms in total. The molecule has 4 heteroatoms. The van der Waals surface area contributed by atoms with E-state index in [4.69, 9.17) is 4.98 Å². The molecule has 0 fully saturated rings. The zero-order chi connectivity index (χ0) is 17.6. The first-order chi connectivity index (χ1) is 12.2. The van der Waals surface area contributed by atoms with Crippen molar-refractivity contribution < 1.29 is 0 Å². The van der Waals surface area contributed by atoms with Crippen LogP contribution in [0.2, 0.25) is 0 Å². The first-order valence-corrected chi connectivity index (χ1v) is 8.60. The highest BCUT2D eigenvalue weighted by Crippen LogP contribution is 2.23. The van der Waals surface area contributed by atoms with Gasteiger partial charge in [0.1, 0.15) is 5.82 Å². The number of rotatable bonds is 6. The molecule has 0 atom stereocenters. The predicted molar refractivity (Wildman–Crippen MR) is 104 cm³/mol. The zero-order valence-corrected chi connectivity index (χ0v) is 15.1. The molecule has 25 heavy (non-hydrogen) atoms. The van der Waals surface area contributed by atoms with Crippen molar-refractivity contribution in [2.24, 2.45) is 0 Å². The normalized spacial score (nSPS) is 10.5. The van der Waals surface area contributed by atoms with Crippen LogP contribution >= 0.6 is 0 Å². The molecule has 0 saturated heterocycles. The minimum atomic E-state index is 0.715. The molecule has 0 aliphatic rings. The standard InChI is InChI=1S/C21H24N4/c1-4-25(16-18-11-7-5-8-12-18)20-15-17(2)22-21(23-20)24(3)19-13-9-6-10-14-19/h5-15H,4,16H2,1-3H3. The van der Waals surface area contributed by atoms with Crippen LogP contribution in [0.15, 0.2) is 66.7 Å². The van der Waals surface area contributed by atoms with Crippen molar-refractivity contribution in [2.75, 3.05) is 23.4 Å². The first kappa shape index (κ1) is 17.0. The monoisotopic (exact) mass is 332 g/mol. The smallest absolute Gasteiger partial charge is 0.231 e. The molecular formula is C21H24N4. The first-order valence-electron chi connectivity index (χ1n) is 8.60. The number of benzene rings is 2. The van der Waals surface area contributed by atoms with E-state index in [0.29, 0.717) is 5.95 Å². The van der Waals surface area contributed by atoms with Crippen LogP contribution in [-0.2, 0) is 6.54 Å². The van der Waals surface area contributed by atoms with Crippen molar-refractivity contribution in [3.63, 3.8) is 0 Å². The molecule has 0 N–H and O–H groups in total. The summed E-state index contributed by atoms with van der Waals surface area (Å²) >= 11 is 0. The van der Waals surface area contributed by atoms with Gasteiger partial charge < -0.3 is 9.80 Å². The Morgan fingerprint density at radius 2 is 1.52 bits per heavy atom. The average molecular weight is 332 g/mol. The summed E-state index contributed by atoms with van der Waals surface area (Å²) in [7, 11) is 2.00. The second kappa shape index (κ2) is 7.79. The Morgan fingerprint density at radius 3 is 2.16 bits per heavy atom. The Labute approximate surface area is 149 Å². The van der Waals surface area contributed by atoms with Crippen LogP contribution in [0.25, 0.3) is 0 Å². The number of aromatic nitrogens is 2. The number of aryl methyl sites for hydroxylation is 1. The van der Waals surface area contributed by atoms with Crippen LogP contribution in [0.3, 0.4) is 0 Å². The van der Waals surface area contributed by atoms with E-state index in [1.807, 2.05) is 43.1 Å². The molecule has 0 aliphatic heterocycles. The molecule has 1 aromatic heterocycles. The van der Waals surface area contributed by atoms with Crippen LogP contribution in [0.1, 0.15) is 18.2 Å². The van der Waals surface area contributed by atoms with Crippen molar-refractivity contribution in [1.82, 2.24) is 9.97 Å². The molecule has 3 aromatic rings. The zero-order valence-electron chi connectivity index (χ0n) is 15.1. The van der Waals surface area contributed by atoms with E-state index in [1.54, 1.807) is 0 Å². The van der Waals surface area contributed by atoms with Crippen LogP contribution in [0.5, 0.6) is 0 Å². The van der Waals surface area contributed by atoms with Crippen molar-refractivity contribution >= 4 is 17.5 Å². The highest BCUT2D eigenvalue weighted by molar-refractivity contribution is 5.58. The maximum Gasteiger partial charge on any atom is 0.231 e. The second-order valence-electron chi connectivity index (χ2n) is 6.06. The van der Waals surface area contributed by atoms with E-state index in [9.17, 15) is 0 Å². The SMILES string of the molecule is CCN(Cc1ccccc1)c1cc(C)nc(N(C)c2ccccc2)n1. The molecule has 2 aromatic carbocycles. The molecule has 3 rings (SSSR count). The topological polar surface area (TPSA) is 32.3 Å². The van der Waals surface area contributed by atoms with Gasteiger partial charge in [-0.25, -0.2) is 4.98 Å². The third kappa shape index (κ3) is 4.15. The number of nitrogens with zero attached hydrogens (tertiary/aromatic N) is 4. The Kier molecular flexibility index (Phi) is 5.29. The Hall–Kier alpha value is -2.88. The van der Waals surface area contributed by atoms with Crippen molar-refractivity contribution in [3.8, 4) is 0 Å². The summed E-state index contributed by atoms with van der Waals surface area (Å²) in [5, 5.41) is 0. The van der Waals surface area contributed by atoms with Crippen LogP contribution in [-0.4, -0.2) is 23.6 Å². The van der Waals surface area contributed by atoms with Crippen molar-refractivity contribution in [3.05, 3.63) is 78.0 Å². The summed E-state index contributed by atoms with van der Waals surface area (Å²) in [6.45, 7) is 5.90. The van der Waals surface area contributed by atoms with Gasteiger partial charge in [-0.15, -0.1) is 0 Å². The fraction of sp³-hybridized carbons (Fsp3) is 0.238. The van der Waals surface area contributed by atoms with E-state index in [1.165, 1.54) is 5.56 Å². The molecule has 0 amide bonds. The van der Waals surface area contributed by atoms with Gasteiger partial charge in [-0.2, -0.15) is 4.98 Å². The molecule has 0 aliphatic carbocycles. The van der Waals surface area contributed by atoms with Gasteiger partial charge in [0, 0.05) is 37.6 Å². The molecule has 0 saturated carbocycles. The number of hydrogen-bond acceptors (Lipinski definition) is 4. The van der Waals surface area contributed by atoms with Gasteiger partial charge in [-0.3, -0.25) is 0 Å². The molecule has 0 unspecified atom stereocenters. The quantitative estimate of drug-likeness (QED) is 0.661. The van der Waals surface area contributed by atoms with Gasteiger partial charge in [-0.1, -0.05) is 48.5 Å². The highest BCUT2D eigenvalue weighted by Gasteiger charge is 2.13. The number of para-hydroxylation sites is 1. The van der Waals surface area contributed by atoms with Crippen molar-refractivity contribution in [2.45, 2.75) is 20.4 Å². The van der Waals surface area contributed by atoms with E-state index < -0.39 is 0 Å². The average Bonchev–Trinajstić information content (AvgIpc) is 2.66. The lowest BCUT2D eigenvalue weighted by Crippen LogP contribution is -2.24. The summed E-state index contributed by atoms with van der Waals surface area (Å²) in [5.41, 5.74) is 3.32. The molecule has 128 valence electrons. The molecule has 1 heterocycles. The van der Waals surface area contributed by atoms with Gasteiger partial charge in [0.05, 0.1) is 0 Å². The fourth-order valence-electron chi connectivity index (χ4n) is 2.77. The Balaban J connectivity index is 1.90. The van der Waals surface area contributed by atoms with Crippen molar-refractivity contribution in [1.29, 1.82) is 0 Å². The van der Waals surface area contributed by atoms with Crippen LogP contribution in [0, 0.1) is 6.92 Å².